The molecule has 1 aliphatic heterocycles. The zero-order valence-corrected chi connectivity index (χ0v) is 17.6. The molecule has 30 heavy (non-hydrogen) atoms. The van der Waals surface area contributed by atoms with Gasteiger partial charge in [-0.1, -0.05) is 6.08 Å². The summed E-state index contributed by atoms with van der Waals surface area (Å²) in [5.41, 5.74) is 1.68. The lowest BCUT2D eigenvalue weighted by Gasteiger charge is -2.27. The third-order valence-electron chi connectivity index (χ3n) is 5.16. The zero-order valence-electron chi connectivity index (χ0n) is 16.0. The summed E-state index contributed by atoms with van der Waals surface area (Å²) < 4.78 is 1.73. The molecule has 0 aromatic carbocycles. The number of thiocarbonyl (C=S) groups is 1. The third-order valence-corrected chi connectivity index (χ3v) is 6.77. The minimum absolute atomic E-state index is 0.0385. The number of hydrogen-bond acceptors (Lipinski definition) is 5. The maximum Gasteiger partial charge on any atom is 0.339 e. The number of fused-ring (bicyclic) bond motifs is 1. The summed E-state index contributed by atoms with van der Waals surface area (Å²) in [5.74, 6) is -2.06. The van der Waals surface area contributed by atoms with Crippen LogP contribution in [0.2, 0.25) is 0 Å². The molecule has 1 aliphatic carbocycles. The van der Waals surface area contributed by atoms with Gasteiger partial charge < -0.3 is 9.67 Å². The minimum Gasteiger partial charge on any atom is -0.478 e. The van der Waals surface area contributed by atoms with E-state index in [1.54, 1.807) is 22.9 Å². The average molecular weight is 442 g/mol. The van der Waals surface area contributed by atoms with E-state index in [0.717, 1.165) is 36.1 Å². The molecule has 7 nitrogen and oxygen atoms in total. The van der Waals surface area contributed by atoms with Crippen molar-refractivity contribution in [1.29, 1.82) is 0 Å². The molecule has 2 aromatic rings. The minimum atomic E-state index is -0.967. The summed E-state index contributed by atoms with van der Waals surface area (Å²) in [6.07, 6.45) is 8.37. The molecule has 0 atom stereocenters. The van der Waals surface area contributed by atoms with Crippen molar-refractivity contribution in [2.45, 2.75) is 25.7 Å². The van der Waals surface area contributed by atoms with E-state index in [0.29, 0.717) is 16.3 Å². The summed E-state index contributed by atoms with van der Waals surface area (Å²) in [5, 5.41) is 13.0. The van der Waals surface area contributed by atoms with E-state index in [4.69, 9.17) is 12.2 Å². The number of carboxylic acid groups (broad SMARTS) is 1. The first kappa shape index (κ1) is 20.2. The number of aromatic nitrogens is 1. The first-order valence-electron chi connectivity index (χ1n) is 9.47. The van der Waals surface area contributed by atoms with Crippen LogP contribution in [0.3, 0.4) is 0 Å². The van der Waals surface area contributed by atoms with Gasteiger partial charge in [0.15, 0.2) is 5.11 Å². The topological polar surface area (TPSA) is 91.6 Å². The van der Waals surface area contributed by atoms with Gasteiger partial charge in [-0.15, -0.1) is 17.9 Å². The van der Waals surface area contributed by atoms with Gasteiger partial charge in [-0.05, 0) is 61.7 Å². The number of aryl methyl sites for hydroxylation is 1. The number of rotatable bonds is 5. The fraction of sp³-hybridized carbons (Fsp3) is 0.238. The summed E-state index contributed by atoms with van der Waals surface area (Å²) in [6.45, 7) is 3.79. The Morgan fingerprint density at radius 2 is 2.10 bits per heavy atom. The molecule has 2 N–H and O–H groups in total. The molecule has 2 amide bonds. The summed E-state index contributed by atoms with van der Waals surface area (Å²) in [7, 11) is 0. The maximum atomic E-state index is 12.8. The van der Waals surface area contributed by atoms with E-state index in [-0.39, 0.29) is 17.2 Å². The fourth-order valence-electron chi connectivity index (χ4n) is 3.78. The Hall–Kier alpha value is -3.04. The van der Waals surface area contributed by atoms with Crippen molar-refractivity contribution in [2.24, 2.45) is 0 Å². The standard InChI is InChI=1S/C21H19N3O4S2/c1-2-9-24-18(26)14(17(25)22-21(24)29)11-12-6-5-10-23(12)19-16(20(27)28)13-7-3-4-8-15(13)30-19/h2,5-6,10-11H,1,3-4,7-9H2,(H,27,28)(H,22,25,29). The Morgan fingerprint density at radius 1 is 1.33 bits per heavy atom. The van der Waals surface area contributed by atoms with Gasteiger partial charge in [-0.2, -0.15) is 0 Å². The molecule has 154 valence electrons. The van der Waals surface area contributed by atoms with Crippen LogP contribution in [-0.4, -0.2) is 44.0 Å². The van der Waals surface area contributed by atoms with Gasteiger partial charge >= 0.3 is 5.97 Å². The second-order valence-electron chi connectivity index (χ2n) is 7.02. The number of carbonyl (C=O) groups excluding carboxylic acids is 2. The van der Waals surface area contributed by atoms with Crippen LogP contribution < -0.4 is 5.32 Å². The van der Waals surface area contributed by atoms with Gasteiger partial charge in [0.1, 0.15) is 10.6 Å². The number of nitrogens with one attached hydrogen (secondary N) is 1. The molecular formula is C21H19N3O4S2. The number of aromatic carboxylic acids is 1. The largest absolute Gasteiger partial charge is 0.478 e. The van der Waals surface area contributed by atoms with Crippen molar-refractivity contribution in [2.75, 3.05) is 6.54 Å². The number of carboxylic acids is 1. The van der Waals surface area contributed by atoms with Crippen molar-refractivity contribution >= 4 is 52.5 Å². The highest BCUT2D eigenvalue weighted by molar-refractivity contribution is 7.80. The van der Waals surface area contributed by atoms with Crippen LogP contribution in [-0.2, 0) is 22.4 Å². The number of carbonyl (C=O) groups is 3. The van der Waals surface area contributed by atoms with Crippen LogP contribution in [0, 0.1) is 0 Å². The lowest BCUT2D eigenvalue weighted by molar-refractivity contribution is -0.128. The zero-order chi connectivity index (χ0) is 21.4. The molecule has 0 radical (unpaired) electrons. The van der Waals surface area contributed by atoms with Gasteiger partial charge in [0.25, 0.3) is 11.8 Å². The predicted molar refractivity (Wildman–Crippen MR) is 118 cm³/mol. The second kappa shape index (κ2) is 8.00. The van der Waals surface area contributed by atoms with E-state index in [2.05, 4.69) is 11.9 Å². The molecule has 0 saturated carbocycles. The molecule has 1 fully saturated rings. The molecule has 3 heterocycles. The van der Waals surface area contributed by atoms with Crippen LogP contribution in [0.4, 0.5) is 0 Å². The highest BCUT2D eigenvalue weighted by atomic mass is 32.1. The Kier molecular flexibility index (Phi) is 5.40. The number of nitrogens with zero attached hydrogens (tertiary/aromatic N) is 2. The van der Waals surface area contributed by atoms with Gasteiger partial charge in [-0.25, -0.2) is 4.79 Å². The molecule has 2 aromatic heterocycles. The monoisotopic (exact) mass is 441 g/mol. The van der Waals surface area contributed by atoms with Crippen molar-refractivity contribution in [3.05, 3.63) is 58.3 Å². The van der Waals surface area contributed by atoms with Crippen molar-refractivity contribution < 1.29 is 19.5 Å². The van der Waals surface area contributed by atoms with Crippen molar-refractivity contribution in [1.82, 2.24) is 14.8 Å². The molecule has 1 saturated heterocycles. The summed E-state index contributed by atoms with van der Waals surface area (Å²) >= 11 is 6.53. The molecule has 0 spiro atoms. The SMILES string of the molecule is C=CCN1C(=O)C(=Cc2cccn2-c2sc3c(c2C(=O)O)CCCC3)C(=O)NC1=S. The van der Waals surface area contributed by atoms with E-state index in [9.17, 15) is 19.5 Å². The van der Waals surface area contributed by atoms with E-state index < -0.39 is 17.8 Å². The number of thiophene rings is 1. The number of amides is 2. The second-order valence-corrected chi connectivity index (χ2v) is 8.49. The Morgan fingerprint density at radius 3 is 2.83 bits per heavy atom. The van der Waals surface area contributed by atoms with Crippen LogP contribution in [0.1, 0.15) is 39.3 Å². The quantitative estimate of drug-likeness (QED) is 0.322. The average Bonchev–Trinajstić information content (AvgIpc) is 3.32. The summed E-state index contributed by atoms with van der Waals surface area (Å²) in [4.78, 5) is 39.6. The highest BCUT2D eigenvalue weighted by Gasteiger charge is 2.33. The molecule has 0 unspecified atom stereocenters. The molecular weight excluding hydrogens is 422 g/mol. The Labute approximate surface area is 182 Å². The maximum absolute atomic E-state index is 12.8. The van der Waals surface area contributed by atoms with Crippen LogP contribution in [0.5, 0.6) is 0 Å². The van der Waals surface area contributed by atoms with Gasteiger partial charge in [0, 0.05) is 23.3 Å². The molecule has 4 rings (SSSR count). The first-order chi connectivity index (χ1) is 14.4. The number of hydrogen-bond donors (Lipinski definition) is 2. The smallest absolute Gasteiger partial charge is 0.339 e. The van der Waals surface area contributed by atoms with Gasteiger partial charge in [0.05, 0.1) is 5.56 Å². The summed E-state index contributed by atoms with van der Waals surface area (Å²) in [6, 6.07) is 3.50. The lowest BCUT2D eigenvalue weighted by Crippen LogP contribution is -2.53. The van der Waals surface area contributed by atoms with Gasteiger partial charge in [-0.3, -0.25) is 19.8 Å². The fourth-order valence-corrected chi connectivity index (χ4v) is 5.41. The predicted octanol–water partition coefficient (Wildman–Crippen LogP) is 2.93. The Balaban J connectivity index is 1.80. The first-order valence-corrected chi connectivity index (χ1v) is 10.7. The van der Waals surface area contributed by atoms with Gasteiger partial charge in [0.2, 0.25) is 0 Å². The lowest BCUT2D eigenvalue weighted by atomic mass is 9.95. The third kappa shape index (κ3) is 3.40. The van der Waals surface area contributed by atoms with Crippen molar-refractivity contribution in [3.8, 4) is 5.00 Å². The van der Waals surface area contributed by atoms with E-state index in [1.807, 2.05) is 0 Å². The van der Waals surface area contributed by atoms with Crippen LogP contribution >= 0.6 is 23.6 Å². The molecule has 2 aliphatic rings. The highest BCUT2D eigenvalue weighted by Crippen LogP contribution is 2.37. The van der Waals surface area contributed by atoms with E-state index in [1.165, 1.54) is 28.4 Å². The normalized spacial score (nSPS) is 17.8. The molecule has 9 heteroatoms. The van der Waals surface area contributed by atoms with Crippen molar-refractivity contribution in [3.63, 3.8) is 0 Å². The molecule has 0 bridgehead atoms. The van der Waals surface area contributed by atoms with E-state index >= 15 is 0 Å². The Bertz CT molecular complexity index is 1130. The van der Waals surface area contributed by atoms with Crippen LogP contribution in [0.25, 0.3) is 11.1 Å². The van der Waals surface area contributed by atoms with Crippen LogP contribution in [0.15, 0.2) is 36.6 Å².